The number of nitrogens with one attached hydrogen (secondary N) is 1. The van der Waals surface area contributed by atoms with E-state index in [2.05, 4.69) is 0 Å². The second-order valence-corrected chi connectivity index (χ2v) is 9.04. The fraction of sp³-hybridized carbons (Fsp3) is 0.696. The normalized spacial score (nSPS) is 31.5. The number of carbonyl (C=O) groups is 1. The van der Waals surface area contributed by atoms with Gasteiger partial charge in [0.1, 0.15) is 5.75 Å². The van der Waals surface area contributed by atoms with Gasteiger partial charge in [-0.1, -0.05) is 31.4 Å². The number of hydrogen-bond donors (Lipinski definition) is 2. The maximum atomic E-state index is 11.2. The van der Waals surface area contributed by atoms with Gasteiger partial charge in [0.25, 0.3) is 0 Å². The lowest BCUT2D eigenvalue weighted by molar-refractivity contribution is -0.128. The summed E-state index contributed by atoms with van der Waals surface area (Å²) in [4.78, 5) is 11.2. The molecule has 0 radical (unpaired) electrons. The third kappa shape index (κ3) is 4.48. The van der Waals surface area contributed by atoms with Crippen molar-refractivity contribution in [2.24, 2.45) is 29.6 Å². The van der Waals surface area contributed by atoms with Gasteiger partial charge in [0.15, 0.2) is 0 Å². The van der Waals surface area contributed by atoms with Crippen LogP contribution in [0.5, 0.6) is 5.75 Å². The number of hydroxylamine groups is 1. The largest absolute Gasteiger partial charge is 0.494 e. The van der Waals surface area contributed by atoms with E-state index in [1.165, 1.54) is 51.4 Å². The van der Waals surface area contributed by atoms with Gasteiger partial charge in [-0.3, -0.25) is 10.0 Å². The van der Waals surface area contributed by atoms with E-state index in [-0.39, 0.29) is 6.42 Å². The van der Waals surface area contributed by atoms with E-state index in [9.17, 15) is 4.79 Å². The number of unbranched alkanes of at least 4 members (excludes halogenated alkanes) is 1. The van der Waals surface area contributed by atoms with Crippen LogP contribution in [-0.2, 0) is 11.2 Å². The summed E-state index contributed by atoms with van der Waals surface area (Å²) in [5.41, 5.74) is 2.52. The predicted octanol–water partition coefficient (Wildman–Crippen LogP) is 4.75. The zero-order chi connectivity index (χ0) is 18.6. The van der Waals surface area contributed by atoms with Crippen LogP contribution in [0.1, 0.15) is 63.4 Å². The summed E-state index contributed by atoms with van der Waals surface area (Å²) in [6, 6.07) is 7.56. The van der Waals surface area contributed by atoms with Crippen molar-refractivity contribution in [2.75, 3.05) is 6.61 Å². The first-order valence-electron chi connectivity index (χ1n) is 10.9. The lowest BCUT2D eigenvalue weighted by Gasteiger charge is -2.36. The first-order chi connectivity index (χ1) is 13.2. The van der Waals surface area contributed by atoms with Gasteiger partial charge in [0.2, 0.25) is 5.91 Å². The highest BCUT2D eigenvalue weighted by atomic mass is 16.5. The molecule has 0 heterocycles. The molecule has 3 bridgehead atoms. The molecule has 3 aliphatic carbocycles. The van der Waals surface area contributed by atoms with Gasteiger partial charge in [-0.25, -0.2) is 5.48 Å². The van der Waals surface area contributed by atoms with E-state index in [0.29, 0.717) is 0 Å². The fourth-order valence-electron chi connectivity index (χ4n) is 6.25. The number of rotatable bonds is 8. The van der Waals surface area contributed by atoms with Gasteiger partial charge >= 0.3 is 0 Å². The quantitative estimate of drug-likeness (QED) is 0.394. The second-order valence-electron chi connectivity index (χ2n) is 9.04. The van der Waals surface area contributed by atoms with Crippen LogP contribution in [0.15, 0.2) is 24.3 Å². The van der Waals surface area contributed by atoms with Crippen molar-refractivity contribution in [1.29, 1.82) is 0 Å². The fourth-order valence-corrected chi connectivity index (χ4v) is 6.25. The van der Waals surface area contributed by atoms with Crippen molar-refractivity contribution in [3.05, 3.63) is 29.8 Å². The molecule has 2 N–H and O–H groups in total. The number of hydrogen-bond acceptors (Lipinski definition) is 3. The average Bonchev–Trinajstić information content (AvgIpc) is 2.92. The van der Waals surface area contributed by atoms with Crippen LogP contribution in [-0.4, -0.2) is 17.7 Å². The van der Waals surface area contributed by atoms with E-state index in [0.717, 1.165) is 53.9 Å². The van der Waals surface area contributed by atoms with E-state index >= 15 is 0 Å². The van der Waals surface area contributed by atoms with Gasteiger partial charge < -0.3 is 4.74 Å². The zero-order valence-corrected chi connectivity index (χ0v) is 16.2. The molecule has 0 spiro atoms. The van der Waals surface area contributed by atoms with Crippen LogP contribution in [0.25, 0.3) is 0 Å². The molecule has 3 fully saturated rings. The Hall–Kier alpha value is -1.55. The van der Waals surface area contributed by atoms with Gasteiger partial charge in [-0.2, -0.15) is 0 Å². The highest BCUT2D eigenvalue weighted by Gasteiger charge is 2.47. The van der Waals surface area contributed by atoms with Crippen molar-refractivity contribution in [3.8, 4) is 5.75 Å². The minimum absolute atomic E-state index is 0.183. The number of ether oxygens (including phenoxy) is 1. The van der Waals surface area contributed by atoms with E-state index in [4.69, 9.17) is 9.94 Å². The van der Waals surface area contributed by atoms with Crippen molar-refractivity contribution in [2.45, 2.75) is 64.2 Å². The summed E-state index contributed by atoms with van der Waals surface area (Å²) in [6.45, 7) is 0.768. The third-order valence-corrected chi connectivity index (χ3v) is 7.46. The SMILES string of the molecule is O=C(Cc1ccc(OCCCCC2C3CCCC4CC2CC4C3)cc1)NO. The lowest BCUT2D eigenvalue weighted by Crippen LogP contribution is -2.27. The number of fused-ring (bicyclic) bond motifs is 2. The van der Waals surface area contributed by atoms with Gasteiger partial charge in [0.05, 0.1) is 13.0 Å². The first-order valence-corrected chi connectivity index (χ1v) is 10.9. The molecule has 1 amide bonds. The summed E-state index contributed by atoms with van der Waals surface area (Å²) in [6.07, 6.45) is 13.1. The van der Waals surface area contributed by atoms with Crippen molar-refractivity contribution < 1.29 is 14.7 Å². The average molecular weight is 372 g/mol. The van der Waals surface area contributed by atoms with Crippen molar-refractivity contribution in [1.82, 2.24) is 5.48 Å². The molecule has 5 unspecified atom stereocenters. The highest BCUT2D eigenvalue weighted by Crippen LogP contribution is 2.57. The minimum Gasteiger partial charge on any atom is -0.494 e. The van der Waals surface area contributed by atoms with Gasteiger partial charge in [-0.05, 0) is 85.8 Å². The maximum absolute atomic E-state index is 11.2. The molecule has 5 atom stereocenters. The first kappa shape index (κ1) is 18.8. The highest BCUT2D eigenvalue weighted by molar-refractivity contribution is 5.77. The molecule has 0 aliphatic heterocycles. The van der Waals surface area contributed by atoms with Crippen LogP contribution < -0.4 is 10.2 Å². The summed E-state index contributed by atoms with van der Waals surface area (Å²) in [5.74, 6) is 5.64. The monoisotopic (exact) mass is 371 g/mol. The molecule has 0 saturated heterocycles. The molecule has 1 aromatic carbocycles. The number of carbonyl (C=O) groups excluding carboxylic acids is 1. The predicted molar refractivity (Wildman–Crippen MR) is 105 cm³/mol. The Morgan fingerprint density at radius 3 is 2.56 bits per heavy atom. The van der Waals surface area contributed by atoms with Crippen LogP contribution in [0.3, 0.4) is 0 Å². The molecule has 4 heteroatoms. The minimum atomic E-state index is -0.399. The molecule has 3 aliphatic rings. The van der Waals surface area contributed by atoms with E-state index < -0.39 is 5.91 Å². The topological polar surface area (TPSA) is 58.6 Å². The number of amides is 1. The third-order valence-electron chi connectivity index (χ3n) is 7.46. The zero-order valence-electron chi connectivity index (χ0n) is 16.2. The Morgan fingerprint density at radius 1 is 1.00 bits per heavy atom. The molecule has 27 heavy (non-hydrogen) atoms. The van der Waals surface area contributed by atoms with E-state index in [1.54, 1.807) is 5.48 Å². The Balaban J connectivity index is 1.17. The Morgan fingerprint density at radius 2 is 1.74 bits per heavy atom. The summed E-state index contributed by atoms with van der Waals surface area (Å²) in [7, 11) is 0. The summed E-state index contributed by atoms with van der Waals surface area (Å²) < 4.78 is 5.87. The molecular weight excluding hydrogens is 338 g/mol. The molecule has 4 nitrogen and oxygen atoms in total. The van der Waals surface area contributed by atoms with Crippen LogP contribution >= 0.6 is 0 Å². The van der Waals surface area contributed by atoms with Gasteiger partial charge in [-0.15, -0.1) is 0 Å². The van der Waals surface area contributed by atoms with Crippen LogP contribution in [0.2, 0.25) is 0 Å². The summed E-state index contributed by atoms with van der Waals surface area (Å²) >= 11 is 0. The van der Waals surface area contributed by atoms with Crippen LogP contribution in [0, 0.1) is 29.6 Å². The molecular formula is C23H33NO3. The Kier molecular flexibility index (Phi) is 6.01. The lowest BCUT2D eigenvalue weighted by atomic mass is 9.69. The molecule has 4 rings (SSSR count). The smallest absolute Gasteiger partial charge is 0.247 e. The van der Waals surface area contributed by atoms with Crippen LogP contribution in [0.4, 0.5) is 0 Å². The second kappa shape index (κ2) is 8.64. The molecule has 148 valence electrons. The molecule has 3 saturated carbocycles. The standard InChI is InChI=1S/C23H33NO3/c25-23(24-26)12-16-7-9-21(10-8-16)27-11-2-1-6-22-18-5-3-4-17-13-20(22)15-19(17)14-18/h7-10,17-20,22,26H,1-6,11-15H2,(H,24,25). The molecule has 1 aromatic rings. The number of benzene rings is 1. The van der Waals surface area contributed by atoms with E-state index in [1.807, 2.05) is 24.3 Å². The van der Waals surface area contributed by atoms with Crippen molar-refractivity contribution >= 4 is 5.91 Å². The Bertz CT molecular complexity index is 629. The molecule has 0 aromatic heterocycles. The summed E-state index contributed by atoms with van der Waals surface area (Å²) in [5, 5.41) is 8.57. The van der Waals surface area contributed by atoms with Crippen molar-refractivity contribution in [3.63, 3.8) is 0 Å². The van der Waals surface area contributed by atoms with Gasteiger partial charge in [0, 0.05) is 0 Å². The Labute approximate surface area is 162 Å². The maximum Gasteiger partial charge on any atom is 0.247 e.